The van der Waals surface area contributed by atoms with Crippen molar-refractivity contribution in [2.75, 3.05) is 11.9 Å². The maximum absolute atomic E-state index is 12.3. The Labute approximate surface area is 147 Å². The van der Waals surface area contributed by atoms with Crippen LogP contribution in [-0.2, 0) is 16.1 Å². The molecule has 0 bridgehead atoms. The van der Waals surface area contributed by atoms with Gasteiger partial charge in [0, 0.05) is 24.2 Å². The molecule has 0 heterocycles. The lowest BCUT2D eigenvalue weighted by molar-refractivity contribution is -0.133. The first kappa shape index (κ1) is 18.0. The molecule has 0 saturated carbocycles. The molecule has 2 rings (SSSR count). The molecule has 0 unspecified atom stereocenters. The lowest BCUT2D eigenvalue weighted by atomic mass is 10.1. The van der Waals surface area contributed by atoms with Crippen LogP contribution in [0.1, 0.15) is 23.6 Å². The largest absolute Gasteiger partial charge is 0.329 e. The minimum absolute atomic E-state index is 0.00480. The molecule has 4 nitrogen and oxygen atoms in total. The van der Waals surface area contributed by atoms with E-state index in [9.17, 15) is 9.59 Å². The third-order valence-electron chi connectivity index (χ3n) is 3.86. The topological polar surface area (TPSA) is 49.4 Å². The molecule has 0 aliphatic heterocycles. The summed E-state index contributed by atoms with van der Waals surface area (Å²) in [5.74, 6) is -0.394. The first-order valence-electron chi connectivity index (χ1n) is 7.73. The number of nitrogens with zero attached hydrogens (tertiary/aromatic N) is 1. The van der Waals surface area contributed by atoms with Gasteiger partial charge in [-0.2, -0.15) is 0 Å². The summed E-state index contributed by atoms with van der Waals surface area (Å²) in [6.45, 7) is 5.75. The Morgan fingerprint density at radius 3 is 2.42 bits per heavy atom. The van der Waals surface area contributed by atoms with Crippen molar-refractivity contribution in [2.24, 2.45) is 0 Å². The highest BCUT2D eigenvalue weighted by atomic mass is 35.5. The minimum Gasteiger partial charge on any atom is -0.329 e. The zero-order valence-electron chi connectivity index (χ0n) is 14.1. The number of aryl methyl sites for hydroxylation is 2. The summed E-state index contributed by atoms with van der Waals surface area (Å²) < 4.78 is 0. The van der Waals surface area contributed by atoms with Gasteiger partial charge in [0.05, 0.1) is 0 Å². The second-order valence-corrected chi connectivity index (χ2v) is 6.22. The number of anilines is 1. The molecule has 0 spiro atoms. The fraction of sp³-hybridized carbons (Fsp3) is 0.263. The van der Waals surface area contributed by atoms with Gasteiger partial charge in [-0.15, -0.1) is 0 Å². The highest BCUT2D eigenvalue weighted by molar-refractivity contribution is 6.31. The molecule has 24 heavy (non-hydrogen) atoms. The summed E-state index contributed by atoms with van der Waals surface area (Å²) in [6.07, 6.45) is 0. The van der Waals surface area contributed by atoms with Gasteiger partial charge in [0.15, 0.2) is 0 Å². The van der Waals surface area contributed by atoms with Gasteiger partial charge in [0.2, 0.25) is 11.8 Å². The van der Waals surface area contributed by atoms with E-state index in [0.29, 0.717) is 17.3 Å². The predicted molar refractivity (Wildman–Crippen MR) is 97.1 cm³/mol. The molecule has 2 aromatic rings. The zero-order chi connectivity index (χ0) is 17.7. The van der Waals surface area contributed by atoms with E-state index in [2.05, 4.69) is 5.32 Å². The quantitative estimate of drug-likeness (QED) is 0.893. The SMILES string of the molecule is CC(=O)N(CC(=O)Nc1ccc(C)c(Cl)c1)Cc1ccccc1C. The van der Waals surface area contributed by atoms with Crippen molar-refractivity contribution in [3.05, 3.63) is 64.2 Å². The second-order valence-electron chi connectivity index (χ2n) is 5.81. The van der Waals surface area contributed by atoms with Gasteiger partial charge >= 0.3 is 0 Å². The van der Waals surface area contributed by atoms with E-state index in [-0.39, 0.29) is 18.4 Å². The maximum atomic E-state index is 12.3. The molecule has 0 saturated heterocycles. The van der Waals surface area contributed by atoms with Crippen LogP contribution in [0.4, 0.5) is 5.69 Å². The highest BCUT2D eigenvalue weighted by Gasteiger charge is 2.15. The van der Waals surface area contributed by atoms with Crippen molar-refractivity contribution in [1.29, 1.82) is 0 Å². The average Bonchev–Trinajstić information content (AvgIpc) is 2.52. The molecule has 5 heteroatoms. The fourth-order valence-electron chi connectivity index (χ4n) is 2.32. The van der Waals surface area contributed by atoms with Crippen molar-refractivity contribution < 1.29 is 9.59 Å². The summed E-state index contributed by atoms with van der Waals surface area (Å²) in [6, 6.07) is 13.2. The van der Waals surface area contributed by atoms with Gasteiger partial charge in [0.25, 0.3) is 0 Å². The Bertz CT molecular complexity index is 759. The van der Waals surface area contributed by atoms with Gasteiger partial charge in [-0.05, 0) is 42.7 Å². The van der Waals surface area contributed by atoms with Crippen LogP contribution in [-0.4, -0.2) is 23.3 Å². The monoisotopic (exact) mass is 344 g/mol. The average molecular weight is 345 g/mol. The molecule has 2 amide bonds. The molecule has 0 radical (unpaired) electrons. The van der Waals surface area contributed by atoms with Crippen molar-refractivity contribution in [3.8, 4) is 0 Å². The number of nitrogens with one attached hydrogen (secondary N) is 1. The molecule has 2 aromatic carbocycles. The van der Waals surface area contributed by atoms with Crippen molar-refractivity contribution in [2.45, 2.75) is 27.3 Å². The third kappa shape index (κ3) is 4.83. The zero-order valence-corrected chi connectivity index (χ0v) is 14.9. The molecule has 0 aromatic heterocycles. The molecule has 0 fully saturated rings. The lowest BCUT2D eigenvalue weighted by Crippen LogP contribution is -2.36. The summed E-state index contributed by atoms with van der Waals surface area (Å²) >= 11 is 6.06. The van der Waals surface area contributed by atoms with Crippen LogP contribution in [0.5, 0.6) is 0 Å². The Kier molecular flexibility index (Phi) is 5.99. The summed E-state index contributed by atoms with van der Waals surface area (Å²) in [7, 11) is 0. The predicted octanol–water partition coefficient (Wildman–Crippen LogP) is 3.94. The second kappa shape index (κ2) is 7.97. The van der Waals surface area contributed by atoms with Gasteiger partial charge in [-0.3, -0.25) is 9.59 Å². The number of hydrogen-bond acceptors (Lipinski definition) is 2. The number of benzene rings is 2. The number of amides is 2. The van der Waals surface area contributed by atoms with Crippen molar-refractivity contribution >= 4 is 29.1 Å². The van der Waals surface area contributed by atoms with Crippen LogP contribution in [0, 0.1) is 13.8 Å². The molecule has 0 aliphatic rings. The summed E-state index contributed by atoms with van der Waals surface area (Å²) in [5, 5.41) is 3.37. The standard InChI is InChI=1S/C19H21ClN2O2/c1-13-6-4-5-7-16(13)11-22(15(3)23)12-19(24)21-17-9-8-14(2)18(20)10-17/h4-10H,11-12H2,1-3H3,(H,21,24). The van der Waals surface area contributed by atoms with E-state index < -0.39 is 0 Å². The van der Waals surface area contributed by atoms with Gasteiger partial charge in [0.1, 0.15) is 6.54 Å². The first-order chi connectivity index (χ1) is 11.4. The first-order valence-corrected chi connectivity index (χ1v) is 8.10. The van der Waals surface area contributed by atoms with Gasteiger partial charge in [-0.25, -0.2) is 0 Å². The lowest BCUT2D eigenvalue weighted by Gasteiger charge is -2.21. The number of carbonyl (C=O) groups excluding carboxylic acids is 2. The van der Waals surface area contributed by atoms with Crippen LogP contribution in [0.25, 0.3) is 0 Å². The van der Waals surface area contributed by atoms with Crippen LogP contribution in [0.15, 0.2) is 42.5 Å². The molecule has 1 N–H and O–H groups in total. The Morgan fingerprint density at radius 2 is 1.79 bits per heavy atom. The Hall–Kier alpha value is -2.33. The molecule has 0 atom stereocenters. The van der Waals surface area contributed by atoms with E-state index in [4.69, 9.17) is 11.6 Å². The number of halogens is 1. The molecular formula is C19H21ClN2O2. The van der Waals surface area contributed by atoms with E-state index in [1.807, 2.05) is 44.2 Å². The smallest absolute Gasteiger partial charge is 0.244 e. The van der Waals surface area contributed by atoms with Crippen LogP contribution in [0.3, 0.4) is 0 Å². The van der Waals surface area contributed by atoms with E-state index >= 15 is 0 Å². The number of rotatable bonds is 5. The maximum Gasteiger partial charge on any atom is 0.244 e. The normalized spacial score (nSPS) is 10.3. The van der Waals surface area contributed by atoms with Crippen LogP contribution >= 0.6 is 11.6 Å². The molecule has 0 aliphatic carbocycles. The van der Waals surface area contributed by atoms with Crippen molar-refractivity contribution in [3.63, 3.8) is 0 Å². The Balaban J connectivity index is 2.04. The van der Waals surface area contributed by atoms with Crippen LogP contribution in [0.2, 0.25) is 5.02 Å². The van der Waals surface area contributed by atoms with E-state index in [1.165, 1.54) is 11.8 Å². The van der Waals surface area contributed by atoms with Crippen molar-refractivity contribution in [1.82, 2.24) is 4.90 Å². The summed E-state index contributed by atoms with van der Waals surface area (Å²) in [5.41, 5.74) is 3.68. The minimum atomic E-state index is -0.251. The number of carbonyl (C=O) groups is 2. The highest BCUT2D eigenvalue weighted by Crippen LogP contribution is 2.20. The fourth-order valence-corrected chi connectivity index (χ4v) is 2.50. The Morgan fingerprint density at radius 1 is 1.08 bits per heavy atom. The van der Waals surface area contributed by atoms with E-state index in [0.717, 1.165) is 16.7 Å². The van der Waals surface area contributed by atoms with Gasteiger partial charge in [-0.1, -0.05) is 41.9 Å². The van der Waals surface area contributed by atoms with Crippen LogP contribution < -0.4 is 5.32 Å². The third-order valence-corrected chi connectivity index (χ3v) is 4.27. The number of hydrogen-bond donors (Lipinski definition) is 1. The molecule has 126 valence electrons. The van der Waals surface area contributed by atoms with Gasteiger partial charge < -0.3 is 10.2 Å². The summed E-state index contributed by atoms with van der Waals surface area (Å²) in [4.78, 5) is 25.6. The van der Waals surface area contributed by atoms with E-state index in [1.54, 1.807) is 12.1 Å². The molecular weight excluding hydrogens is 324 g/mol.